The van der Waals surface area contributed by atoms with Gasteiger partial charge in [-0.3, -0.25) is 4.98 Å². The van der Waals surface area contributed by atoms with Crippen molar-refractivity contribution in [2.24, 2.45) is 0 Å². The summed E-state index contributed by atoms with van der Waals surface area (Å²) >= 11 is 3.33. The molecule has 0 aliphatic rings. The highest BCUT2D eigenvalue weighted by molar-refractivity contribution is 9.10. The molecule has 0 saturated heterocycles. The van der Waals surface area contributed by atoms with Gasteiger partial charge in [0.15, 0.2) is 0 Å². The molecular weight excluding hydrogens is 270 g/mol. The van der Waals surface area contributed by atoms with E-state index < -0.39 is 0 Å². The molecule has 1 heterocycles. The van der Waals surface area contributed by atoms with Gasteiger partial charge in [0, 0.05) is 36.0 Å². The van der Waals surface area contributed by atoms with Gasteiger partial charge >= 0.3 is 0 Å². The third kappa shape index (κ3) is 5.58. The Bertz CT molecular complexity index is 290. The summed E-state index contributed by atoms with van der Waals surface area (Å²) < 4.78 is 6.28. The van der Waals surface area contributed by atoms with Gasteiger partial charge in [0.2, 0.25) is 0 Å². The fraction of sp³-hybridized carbons (Fsp3) is 0.583. The number of aliphatic hydroxyl groups is 1. The quantitative estimate of drug-likeness (QED) is 0.784. The second-order valence-corrected chi connectivity index (χ2v) is 4.64. The zero-order valence-corrected chi connectivity index (χ0v) is 11.1. The lowest BCUT2D eigenvalue weighted by atomic mass is 10.1. The number of hydrogen-bond acceptors (Lipinski definition) is 3. The average Bonchev–Trinajstić information content (AvgIpc) is 2.28. The minimum atomic E-state index is -0.370. The van der Waals surface area contributed by atoms with E-state index >= 15 is 0 Å². The van der Waals surface area contributed by atoms with Crippen LogP contribution in [0.15, 0.2) is 22.8 Å². The summed E-state index contributed by atoms with van der Waals surface area (Å²) in [5, 5.41) is 9.74. The van der Waals surface area contributed by atoms with Crippen molar-refractivity contribution < 1.29 is 9.84 Å². The number of nitrogens with zero attached hydrogens (tertiary/aromatic N) is 1. The predicted molar refractivity (Wildman–Crippen MR) is 67.4 cm³/mol. The van der Waals surface area contributed by atoms with Gasteiger partial charge in [-0.2, -0.15) is 0 Å². The second-order valence-electron chi connectivity index (χ2n) is 3.73. The van der Waals surface area contributed by atoms with Gasteiger partial charge < -0.3 is 9.84 Å². The maximum absolute atomic E-state index is 9.74. The van der Waals surface area contributed by atoms with Gasteiger partial charge in [-0.05, 0) is 40.9 Å². The van der Waals surface area contributed by atoms with Gasteiger partial charge in [-0.15, -0.1) is 0 Å². The van der Waals surface area contributed by atoms with Crippen LogP contribution in [0.1, 0.15) is 25.5 Å². The van der Waals surface area contributed by atoms with Crippen LogP contribution in [0.2, 0.25) is 0 Å². The third-order valence-corrected chi connectivity index (χ3v) is 2.65. The zero-order chi connectivity index (χ0) is 11.8. The molecule has 90 valence electrons. The van der Waals surface area contributed by atoms with Crippen LogP contribution in [0.4, 0.5) is 0 Å². The molecule has 0 bridgehead atoms. The van der Waals surface area contributed by atoms with E-state index in [1.807, 2.05) is 12.1 Å². The third-order valence-electron chi connectivity index (χ3n) is 2.18. The number of aliphatic hydroxyl groups excluding tert-OH is 1. The average molecular weight is 288 g/mol. The number of ether oxygens (including phenoxy) is 1. The first-order valence-electron chi connectivity index (χ1n) is 5.58. The van der Waals surface area contributed by atoms with E-state index in [0.29, 0.717) is 19.4 Å². The van der Waals surface area contributed by atoms with Crippen molar-refractivity contribution >= 4 is 15.9 Å². The molecule has 0 aliphatic heterocycles. The van der Waals surface area contributed by atoms with Crippen molar-refractivity contribution in [2.45, 2.75) is 32.3 Å². The minimum absolute atomic E-state index is 0.370. The summed E-state index contributed by atoms with van der Waals surface area (Å²) in [6, 6.07) is 3.85. The van der Waals surface area contributed by atoms with Crippen molar-refractivity contribution in [1.29, 1.82) is 0 Å². The lowest BCUT2D eigenvalue weighted by molar-refractivity contribution is 0.0820. The summed E-state index contributed by atoms with van der Waals surface area (Å²) in [4.78, 5) is 4.21. The molecule has 1 unspecified atom stereocenters. The lowest BCUT2D eigenvalue weighted by Gasteiger charge is -2.10. The second kappa shape index (κ2) is 7.76. The molecule has 3 nitrogen and oxygen atoms in total. The van der Waals surface area contributed by atoms with Gasteiger partial charge in [0.05, 0.1) is 6.10 Å². The molecule has 0 spiro atoms. The first-order valence-corrected chi connectivity index (χ1v) is 6.38. The Kier molecular flexibility index (Phi) is 6.61. The Morgan fingerprint density at radius 2 is 2.25 bits per heavy atom. The van der Waals surface area contributed by atoms with Gasteiger partial charge in [-0.25, -0.2) is 0 Å². The molecule has 1 aromatic rings. The highest BCUT2D eigenvalue weighted by Gasteiger charge is 2.06. The van der Waals surface area contributed by atoms with Crippen LogP contribution in [0.25, 0.3) is 0 Å². The van der Waals surface area contributed by atoms with Crippen molar-refractivity contribution in [3.05, 3.63) is 28.5 Å². The Balaban J connectivity index is 2.23. The SMILES string of the molecule is CCCOCCC(O)Cc1ccc(Br)cn1. The number of hydrogen-bond donors (Lipinski definition) is 1. The maximum Gasteiger partial charge on any atom is 0.0617 e. The van der Waals surface area contributed by atoms with E-state index in [4.69, 9.17) is 4.74 Å². The molecule has 0 aromatic carbocycles. The molecule has 0 fully saturated rings. The summed E-state index contributed by atoms with van der Waals surface area (Å²) in [7, 11) is 0. The molecule has 16 heavy (non-hydrogen) atoms. The summed E-state index contributed by atoms with van der Waals surface area (Å²) in [5.74, 6) is 0. The number of halogens is 1. The number of aromatic nitrogens is 1. The van der Waals surface area contributed by atoms with E-state index in [-0.39, 0.29) is 6.10 Å². The van der Waals surface area contributed by atoms with Crippen LogP contribution < -0.4 is 0 Å². The molecule has 1 rings (SSSR count). The van der Waals surface area contributed by atoms with Crippen LogP contribution in [0.5, 0.6) is 0 Å². The monoisotopic (exact) mass is 287 g/mol. The van der Waals surface area contributed by atoms with Crippen molar-refractivity contribution in [1.82, 2.24) is 4.98 Å². The van der Waals surface area contributed by atoms with Gasteiger partial charge in [0.25, 0.3) is 0 Å². The number of pyridine rings is 1. The molecular formula is C12H18BrNO2. The fourth-order valence-electron chi connectivity index (χ4n) is 1.34. The van der Waals surface area contributed by atoms with Crippen molar-refractivity contribution in [3.8, 4) is 0 Å². The largest absolute Gasteiger partial charge is 0.393 e. The van der Waals surface area contributed by atoms with Crippen LogP contribution in [-0.4, -0.2) is 29.4 Å². The zero-order valence-electron chi connectivity index (χ0n) is 9.53. The normalized spacial score (nSPS) is 12.7. The van der Waals surface area contributed by atoms with Gasteiger partial charge in [-0.1, -0.05) is 6.92 Å². The molecule has 0 saturated carbocycles. The van der Waals surface area contributed by atoms with Crippen LogP contribution >= 0.6 is 15.9 Å². The maximum atomic E-state index is 9.74. The Morgan fingerprint density at radius 1 is 1.44 bits per heavy atom. The molecule has 0 amide bonds. The molecule has 0 radical (unpaired) electrons. The Labute approximate surface area is 105 Å². The predicted octanol–water partition coefficient (Wildman–Crippen LogP) is 2.56. The highest BCUT2D eigenvalue weighted by atomic mass is 79.9. The van der Waals surface area contributed by atoms with E-state index in [9.17, 15) is 5.11 Å². The standard InChI is InChI=1S/C12H18BrNO2/c1-2-6-16-7-5-12(15)8-11-4-3-10(13)9-14-11/h3-4,9,12,15H,2,5-8H2,1H3. The molecule has 1 atom stereocenters. The topological polar surface area (TPSA) is 42.4 Å². The van der Waals surface area contributed by atoms with Crippen molar-refractivity contribution in [2.75, 3.05) is 13.2 Å². The Hall–Kier alpha value is -0.450. The summed E-state index contributed by atoms with van der Waals surface area (Å²) in [5.41, 5.74) is 0.909. The van der Waals surface area contributed by atoms with E-state index in [1.165, 1.54) is 0 Å². The van der Waals surface area contributed by atoms with Gasteiger partial charge in [0.1, 0.15) is 0 Å². The smallest absolute Gasteiger partial charge is 0.0617 e. The van der Waals surface area contributed by atoms with E-state index in [1.54, 1.807) is 6.20 Å². The number of rotatable bonds is 7. The van der Waals surface area contributed by atoms with Crippen LogP contribution in [-0.2, 0) is 11.2 Å². The van der Waals surface area contributed by atoms with E-state index in [0.717, 1.165) is 23.2 Å². The lowest BCUT2D eigenvalue weighted by Crippen LogP contribution is -2.14. The minimum Gasteiger partial charge on any atom is -0.393 e. The first kappa shape index (κ1) is 13.6. The van der Waals surface area contributed by atoms with Crippen molar-refractivity contribution in [3.63, 3.8) is 0 Å². The highest BCUT2D eigenvalue weighted by Crippen LogP contribution is 2.09. The molecule has 0 aliphatic carbocycles. The van der Waals surface area contributed by atoms with Crippen LogP contribution in [0, 0.1) is 0 Å². The Morgan fingerprint density at radius 3 is 2.88 bits per heavy atom. The van der Waals surface area contributed by atoms with Crippen LogP contribution in [0.3, 0.4) is 0 Å². The fourth-order valence-corrected chi connectivity index (χ4v) is 1.57. The first-order chi connectivity index (χ1) is 7.72. The summed E-state index contributed by atoms with van der Waals surface area (Å²) in [6.07, 6.45) is 3.64. The molecule has 1 aromatic heterocycles. The molecule has 1 N–H and O–H groups in total. The summed E-state index contributed by atoms with van der Waals surface area (Å²) in [6.45, 7) is 3.46. The molecule has 4 heteroatoms. The van der Waals surface area contributed by atoms with E-state index in [2.05, 4.69) is 27.8 Å².